The van der Waals surface area contributed by atoms with Gasteiger partial charge in [0.1, 0.15) is 6.07 Å². The molecule has 0 aliphatic rings. The van der Waals surface area contributed by atoms with Gasteiger partial charge >= 0.3 is 11.9 Å². The van der Waals surface area contributed by atoms with Gasteiger partial charge in [-0.3, -0.25) is 10.2 Å². The average Bonchev–Trinajstić information content (AvgIpc) is 2.64. The Hall–Kier alpha value is -4.19. The average molecular weight is 380 g/mol. The Bertz CT molecular complexity index is 1000. The largest absolute Gasteiger partial charge is 0.478 e. The van der Waals surface area contributed by atoms with Crippen LogP contribution in [0.15, 0.2) is 41.5 Å². The summed E-state index contributed by atoms with van der Waals surface area (Å²) >= 11 is 0. The number of hydrazone groups is 1. The second kappa shape index (κ2) is 8.46. The highest BCUT2D eigenvalue weighted by Gasteiger charge is 2.14. The maximum Gasteiger partial charge on any atom is 0.335 e. The summed E-state index contributed by atoms with van der Waals surface area (Å²) in [7, 11) is 0. The van der Waals surface area contributed by atoms with E-state index in [9.17, 15) is 19.6 Å². The molecule has 28 heavy (non-hydrogen) atoms. The number of aryl methyl sites for hydroxylation is 2. The van der Waals surface area contributed by atoms with Crippen LogP contribution in [0.1, 0.15) is 31.8 Å². The monoisotopic (exact) mass is 380 g/mol. The molecule has 0 heterocycles. The molecule has 0 fully saturated rings. The fourth-order valence-corrected chi connectivity index (χ4v) is 2.32. The smallest absolute Gasteiger partial charge is 0.335 e. The number of amides is 1. The lowest BCUT2D eigenvalue weighted by atomic mass is 10.1. The zero-order valence-electron chi connectivity index (χ0n) is 15.0. The van der Waals surface area contributed by atoms with Gasteiger partial charge in [0.2, 0.25) is 5.71 Å². The number of carbonyl (C=O) groups is 3. The lowest BCUT2D eigenvalue weighted by molar-refractivity contribution is -0.110. The molecule has 0 bridgehead atoms. The fraction of sp³-hybridized carbons (Fsp3) is 0.105. The Labute approximate surface area is 159 Å². The summed E-state index contributed by atoms with van der Waals surface area (Å²) in [6.07, 6.45) is 0. The minimum absolute atomic E-state index is 0.00404. The first kappa shape index (κ1) is 20.1. The number of nitrogens with zero attached hydrogens (tertiary/aromatic N) is 2. The molecule has 0 unspecified atom stereocenters. The zero-order valence-corrected chi connectivity index (χ0v) is 15.0. The number of nitriles is 1. The first-order valence-corrected chi connectivity index (χ1v) is 7.95. The Morgan fingerprint density at radius 3 is 2.11 bits per heavy atom. The highest BCUT2D eigenvalue weighted by molar-refractivity contribution is 6.48. The first-order chi connectivity index (χ1) is 13.2. The Balaban J connectivity index is 2.25. The van der Waals surface area contributed by atoms with E-state index in [1.54, 1.807) is 25.1 Å². The van der Waals surface area contributed by atoms with Gasteiger partial charge in [-0.25, -0.2) is 9.59 Å². The molecule has 0 atom stereocenters. The van der Waals surface area contributed by atoms with E-state index in [0.29, 0.717) is 5.69 Å². The number of nitrogens with one attached hydrogen (secondary N) is 2. The molecule has 4 N–H and O–H groups in total. The van der Waals surface area contributed by atoms with E-state index < -0.39 is 23.6 Å². The number of hydrogen-bond donors (Lipinski definition) is 4. The first-order valence-electron chi connectivity index (χ1n) is 7.95. The molecule has 0 radical (unpaired) electrons. The second-order valence-electron chi connectivity index (χ2n) is 5.87. The van der Waals surface area contributed by atoms with Crippen molar-refractivity contribution in [2.75, 3.05) is 10.7 Å². The van der Waals surface area contributed by atoms with Crippen molar-refractivity contribution in [3.63, 3.8) is 0 Å². The minimum Gasteiger partial charge on any atom is -0.478 e. The number of carboxylic acids is 2. The Morgan fingerprint density at radius 1 is 1.00 bits per heavy atom. The molecular weight excluding hydrogens is 364 g/mol. The van der Waals surface area contributed by atoms with Gasteiger partial charge in [0.05, 0.1) is 16.8 Å². The minimum atomic E-state index is -1.33. The van der Waals surface area contributed by atoms with Crippen LogP contribution < -0.4 is 10.7 Å². The molecular formula is C19H16N4O5. The van der Waals surface area contributed by atoms with Gasteiger partial charge < -0.3 is 15.5 Å². The normalized spacial score (nSPS) is 10.7. The van der Waals surface area contributed by atoms with Gasteiger partial charge in [0.25, 0.3) is 5.91 Å². The van der Waals surface area contributed by atoms with E-state index in [0.717, 1.165) is 29.3 Å². The van der Waals surface area contributed by atoms with E-state index in [4.69, 9.17) is 10.2 Å². The van der Waals surface area contributed by atoms with Crippen molar-refractivity contribution in [2.24, 2.45) is 5.10 Å². The van der Waals surface area contributed by atoms with Crippen LogP contribution in [0.5, 0.6) is 0 Å². The van der Waals surface area contributed by atoms with Crippen LogP contribution in [0.2, 0.25) is 0 Å². The van der Waals surface area contributed by atoms with Crippen molar-refractivity contribution in [2.45, 2.75) is 13.8 Å². The number of hydrogen-bond acceptors (Lipinski definition) is 6. The summed E-state index contributed by atoms with van der Waals surface area (Å²) in [4.78, 5) is 34.5. The summed E-state index contributed by atoms with van der Waals surface area (Å²) in [6.45, 7) is 3.70. The SMILES string of the molecule is Cc1ccc(NC(=O)/C(C#N)=N/Nc2cc(C(=O)O)cc(C(=O)O)c2)c(C)c1. The highest BCUT2D eigenvalue weighted by Crippen LogP contribution is 2.17. The fourth-order valence-electron chi connectivity index (χ4n) is 2.32. The lowest BCUT2D eigenvalue weighted by Crippen LogP contribution is -2.23. The maximum atomic E-state index is 12.3. The lowest BCUT2D eigenvalue weighted by Gasteiger charge is -2.09. The third kappa shape index (κ3) is 4.92. The molecule has 0 saturated carbocycles. The highest BCUT2D eigenvalue weighted by atomic mass is 16.4. The summed E-state index contributed by atoms with van der Waals surface area (Å²) in [5.41, 5.74) is 3.61. The molecule has 0 aliphatic heterocycles. The van der Waals surface area contributed by atoms with Crippen LogP contribution in [0, 0.1) is 25.2 Å². The third-order valence-electron chi connectivity index (χ3n) is 3.67. The molecule has 0 aliphatic carbocycles. The summed E-state index contributed by atoms with van der Waals surface area (Å²) in [5.74, 6) is -3.43. The van der Waals surface area contributed by atoms with E-state index in [-0.39, 0.29) is 16.8 Å². The van der Waals surface area contributed by atoms with Crippen molar-refractivity contribution in [3.05, 3.63) is 58.7 Å². The predicted octanol–water partition coefficient (Wildman–Crippen LogP) is 2.63. The molecule has 0 spiro atoms. The van der Waals surface area contributed by atoms with Gasteiger partial charge in [0, 0.05) is 5.69 Å². The summed E-state index contributed by atoms with van der Waals surface area (Å²) in [6, 6.07) is 10.3. The number of anilines is 2. The van der Waals surface area contributed by atoms with E-state index in [1.165, 1.54) is 0 Å². The second-order valence-corrected chi connectivity index (χ2v) is 5.87. The van der Waals surface area contributed by atoms with Gasteiger partial charge in [-0.2, -0.15) is 10.4 Å². The van der Waals surface area contributed by atoms with Crippen LogP contribution in [-0.4, -0.2) is 33.8 Å². The molecule has 2 aromatic rings. The molecule has 142 valence electrons. The summed E-state index contributed by atoms with van der Waals surface area (Å²) in [5, 5.41) is 33.5. The van der Waals surface area contributed by atoms with Crippen LogP contribution in [-0.2, 0) is 4.79 Å². The van der Waals surface area contributed by atoms with E-state index >= 15 is 0 Å². The van der Waals surface area contributed by atoms with Gasteiger partial charge in [-0.05, 0) is 43.7 Å². The van der Waals surface area contributed by atoms with Gasteiger partial charge in [0.15, 0.2) is 0 Å². The van der Waals surface area contributed by atoms with Gasteiger partial charge in [-0.1, -0.05) is 17.7 Å². The van der Waals surface area contributed by atoms with Gasteiger partial charge in [-0.15, -0.1) is 0 Å². The molecule has 9 nitrogen and oxygen atoms in total. The van der Waals surface area contributed by atoms with Crippen LogP contribution in [0.3, 0.4) is 0 Å². The van der Waals surface area contributed by atoms with Crippen LogP contribution in [0.4, 0.5) is 11.4 Å². The zero-order chi connectivity index (χ0) is 20.8. The van der Waals surface area contributed by atoms with Crippen LogP contribution >= 0.6 is 0 Å². The maximum absolute atomic E-state index is 12.3. The molecule has 9 heteroatoms. The number of benzene rings is 2. The van der Waals surface area contributed by atoms with Crippen molar-refractivity contribution in [1.82, 2.24) is 0 Å². The van der Waals surface area contributed by atoms with Crippen molar-refractivity contribution in [3.8, 4) is 6.07 Å². The van der Waals surface area contributed by atoms with E-state index in [2.05, 4.69) is 15.8 Å². The topological polar surface area (TPSA) is 152 Å². The quantitative estimate of drug-likeness (QED) is 0.444. The number of carbonyl (C=O) groups excluding carboxylic acids is 1. The van der Waals surface area contributed by atoms with Crippen molar-refractivity contribution >= 4 is 34.9 Å². The van der Waals surface area contributed by atoms with Crippen LogP contribution in [0.25, 0.3) is 0 Å². The summed E-state index contributed by atoms with van der Waals surface area (Å²) < 4.78 is 0. The third-order valence-corrected chi connectivity index (χ3v) is 3.67. The molecule has 2 rings (SSSR count). The van der Waals surface area contributed by atoms with Crippen molar-refractivity contribution in [1.29, 1.82) is 5.26 Å². The molecule has 1 amide bonds. The van der Waals surface area contributed by atoms with E-state index in [1.807, 2.05) is 13.0 Å². The number of rotatable bonds is 6. The standard InChI is InChI=1S/C19H16N4O5/c1-10-3-4-15(11(2)5-10)21-17(24)16(9-20)23-22-14-7-12(18(25)26)6-13(8-14)19(27)28/h3-8,22H,1-2H3,(H,21,24)(H,25,26)(H,27,28)/b23-16+. The number of carboxylic acid groups (broad SMARTS) is 2. The number of aromatic carboxylic acids is 2. The predicted molar refractivity (Wildman–Crippen MR) is 102 cm³/mol. The Kier molecular flexibility index (Phi) is 6.08. The molecule has 0 saturated heterocycles. The molecule has 0 aromatic heterocycles. The Morgan fingerprint density at radius 2 is 1.61 bits per heavy atom. The molecule has 2 aromatic carbocycles. The van der Waals surface area contributed by atoms with Crippen molar-refractivity contribution < 1.29 is 24.6 Å².